The molecule has 0 atom stereocenters. The maximum absolute atomic E-state index is 13.1. The number of hydrogen-bond acceptors (Lipinski definition) is 4. The predicted octanol–water partition coefficient (Wildman–Crippen LogP) is 3.20. The van der Waals surface area contributed by atoms with E-state index in [1.54, 1.807) is 28.8 Å². The number of piperidine rings is 1. The zero-order valence-corrected chi connectivity index (χ0v) is 15.9. The third kappa shape index (κ3) is 3.27. The normalized spacial score (nSPS) is 16.0. The highest BCUT2D eigenvalue weighted by Gasteiger charge is 2.31. The summed E-state index contributed by atoms with van der Waals surface area (Å²) in [6, 6.07) is 6.59. The summed E-state index contributed by atoms with van der Waals surface area (Å²) in [6.07, 6.45) is 5.50. The van der Waals surface area contributed by atoms with E-state index in [4.69, 9.17) is 4.42 Å². The average molecular weight is 354 g/mol. The number of nitriles is 1. The summed E-state index contributed by atoms with van der Waals surface area (Å²) in [5.74, 6) is 0.757. The van der Waals surface area contributed by atoms with Crippen LogP contribution < -0.4 is 0 Å². The fourth-order valence-electron chi connectivity index (χ4n) is 3.67. The lowest BCUT2D eigenvalue weighted by Gasteiger charge is -2.38. The minimum Gasteiger partial charge on any atom is -0.443 e. The molecular formula is C20H26N4O2. The summed E-state index contributed by atoms with van der Waals surface area (Å²) < 4.78 is 7.50. The van der Waals surface area contributed by atoms with Crippen LogP contribution in [0.2, 0.25) is 0 Å². The molecule has 3 rings (SSSR count). The maximum Gasteiger partial charge on any atom is 0.258 e. The maximum atomic E-state index is 13.1. The van der Waals surface area contributed by atoms with Crippen molar-refractivity contribution < 1.29 is 9.21 Å². The number of aryl methyl sites for hydroxylation is 1. The molecule has 6 nitrogen and oxygen atoms in total. The fraction of sp³-hybridized carbons (Fsp3) is 0.500. The minimum absolute atomic E-state index is 0.135. The highest BCUT2D eigenvalue weighted by atomic mass is 16.4. The van der Waals surface area contributed by atoms with Gasteiger partial charge >= 0.3 is 0 Å². The molecule has 2 aromatic rings. The Morgan fingerprint density at radius 1 is 1.31 bits per heavy atom. The van der Waals surface area contributed by atoms with Crippen molar-refractivity contribution >= 4 is 5.91 Å². The van der Waals surface area contributed by atoms with E-state index in [9.17, 15) is 10.1 Å². The number of aromatic nitrogens is 1. The molecule has 0 unspecified atom stereocenters. The molecule has 0 aromatic carbocycles. The molecule has 0 radical (unpaired) electrons. The Morgan fingerprint density at radius 2 is 1.92 bits per heavy atom. The van der Waals surface area contributed by atoms with Crippen molar-refractivity contribution in [2.75, 3.05) is 20.1 Å². The zero-order chi connectivity index (χ0) is 18.8. The van der Waals surface area contributed by atoms with E-state index in [0.717, 1.165) is 25.9 Å². The van der Waals surface area contributed by atoms with Gasteiger partial charge in [-0.1, -0.05) is 0 Å². The van der Waals surface area contributed by atoms with Crippen LogP contribution in [0.4, 0.5) is 0 Å². The largest absolute Gasteiger partial charge is 0.443 e. The van der Waals surface area contributed by atoms with Gasteiger partial charge in [-0.15, -0.1) is 0 Å². The van der Waals surface area contributed by atoms with Crippen molar-refractivity contribution in [3.8, 4) is 12.0 Å². The van der Waals surface area contributed by atoms with E-state index in [1.807, 2.05) is 19.2 Å². The van der Waals surface area contributed by atoms with Gasteiger partial charge in [-0.25, -0.2) is 0 Å². The van der Waals surface area contributed by atoms with Crippen LogP contribution in [0.5, 0.6) is 0 Å². The smallest absolute Gasteiger partial charge is 0.258 e. The second kappa shape index (κ2) is 7.38. The number of nitrogens with zero attached hydrogens (tertiary/aromatic N) is 4. The van der Waals surface area contributed by atoms with Crippen LogP contribution in [0.3, 0.4) is 0 Å². The quantitative estimate of drug-likeness (QED) is 0.846. The number of carbonyl (C=O) groups excluding carboxylic acids is 1. The molecule has 0 spiro atoms. The molecule has 138 valence electrons. The van der Waals surface area contributed by atoms with E-state index in [0.29, 0.717) is 28.8 Å². The Balaban J connectivity index is 1.83. The van der Waals surface area contributed by atoms with Crippen LogP contribution in [0.15, 0.2) is 28.9 Å². The zero-order valence-electron chi connectivity index (χ0n) is 15.9. The van der Waals surface area contributed by atoms with Crippen LogP contribution in [-0.4, -0.2) is 52.5 Å². The van der Waals surface area contributed by atoms with Crippen molar-refractivity contribution in [3.05, 3.63) is 41.4 Å². The van der Waals surface area contributed by atoms with E-state index >= 15 is 0 Å². The van der Waals surface area contributed by atoms with Gasteiger partial charge in [0.25, 0.3) is 5.91 Å². The highest BCUT2D eigenvalue weighted by molar-refractivity contribution is 5.98. The Hall–Kier alpha value is -2.52. The summed E-state index contributed by atoms with van der Waals surface area (Å²) in [7, 11) is 1.83. The van der Waals surface area contributed by atoms with Crippen LogP contribution in [0.1, 0.15) is 48.4 Å². The van der Waals surface area contributed by atoms with E-state index < -0.39 is 0 Å². The summed E-state index contributed by atoms with van der Waals surface area (Å²) >= 11 is 0. The lowest BCUT2D eigenvalue weighted by Crippen LogP contribution is -2.47. The molecule has 1 saturated heterocycles. The van der Waals surface area contributed by atoms with Gasteiger partial charge in [0.15, 0.2) is 0 Å². The van der Waals surface area contributed by atoms with Crippen molar-refractivity contribution in [3.63, 3.8) is 0 Å². The molecule has 6 heteroatoms. The first-order valence-electron chi connectivity index (χ1n) is 9.12. The number of furan rings is 1. The van der Waals surface area contributed by atoms with Gasteiger partial charge in [-0.2, -0.15) is 5.26 Å². The second-order valence-corrected chi connectivity index (χ2v) is 7.19. The number of amides is 1. The molecule has 1 fully saturated rings. The molecular weight excluding hydrogens is 328 g/mol. The van der Waals surface area contributed by atoms with Gasteiger partial charge < -0.3 is 14.2 Å². The predicted molar refractivity (Wildman–Crippen MR) is 99.3 cm³/mol. The Morgan fingerprint density at radius 3 is 2.46 bits per heavy atom. The topological polar surface area (TPSA) is 65.4 Å². The number of rotatable bonds is 4. The van der Waals surface area contributed by atoms with Crippen molar-refractivity contribution in [1.82, 2.24) is 14.4 Å². The van der Waals surface area contributed by atoms with Crippen LogP contribution in [-0.2, 0) is 0 Å². The van der Waals surface area contributed by atoms with Crippen molar-refractivity contribution in [2.24, 2.45) is 0 Å². The Labute approximate surface area is 154 Å². The van der Waals surface area contributed by atoms with Crippen LogP contribution in [0.25, 0.3) is 5.88 Å². The Kier molecular flexibility index (Phi) is 5.19. The summed E-state index contributed by atoms with van der Waals surface area (Å²) in [4.78, 5) is 17.4. The van der Waals surface area contributed by atoms with E-state index in [-0.39, 0.29) is 11.9 Å². The standard InChI is InChI=1S/C20H26N4O2/c1-14(2)23-11-7-16(8-12-23)22(4)19(25)18-15(3)26-20(17(18)13-21)24-9-5-6-10-24/h5-6,9-10,14,16H,7-8,11-12H2,1-4H3. The third-order valence-corrected chi connectivity index (χ3v) is 5.33. The molecule has 1 aliphatic rings. The lowest BCUT2D eigenvalue weighted by molar-refractivity contribution is 0.0613. The molecule has 2 aromatic heterocycles. The van der Waals surface area contributed by atoms with Gasteiger partial charge in [0, 0.05) is 44.6 Å². The Bertz CT molecular complexity index is 806. The second-order valence-electron chi connectivity index (χ2n) is 7.19. The number of hydrogen-bond donors (Lipinski definition) is 0. The first kappa shape index (κ1) is 18.3. The first-order chi connectivity index (χ1) is 12.4. The van der Waals surface area contributed by atoms with Gasteiger partial charge in [0.2, 0.25) is 5.88 Å². The molecule has 1 amide bonds. The summed E-state index contributed by atoms with van der Waals surface area (Å²) in [5.41, 5.74) is 0.681. The van der Waals surface area contributed by atoms with Gasteiger partial charge in [-0.05, 0) is 45.7 Å². The molecule has 0 bridgehead atoms. The number of likely N-dealkylation sites (tertiary alicyclic amines) is 1. The van der Waals surface area contributed by atoms with Crippen LogP contribution >= 0.6 is 0 Å². The van der Waals surface area contributed by atoms with Crippen molar-refractivity contribution in [2.45, 2.75) is 45.7 Å². The number of carbonyl (C=O) groups is 1. The fourth-order valence-corrected chi connectivity index (χ4v) is 3.67. The van der Waals surface area contributed by atoms with Crippen molar-refractivity contribution in [1.29, 1.82) is 5.26 Å². The SMILES string of the molecule is Cc1oc(-n2cccc2)c(C#N)c1C(=O)N(C)C1CCN(C(C)C)CC1. The van der Waals surface area contributed by atoms with Gasteiger partial charge in [-0.3, -0.25) is 9.36 Å². The monoisotopic (exact) mass is 354 g/mol. The molecule has 3 heterocycles. The molecule has 0 saturated carbocycles. The summed E-state index contributed by atoms with van der Waals surface area (Å²) in [5, 5.41) is 9.65. The molecule has 0 aliphatic carbocycles. The van der Waals surface area contributed by atoms with E-state index in [2.05, 4.69) is 24.8 Å². The molecule has 26 heavy (non-hydrogen) atoms. The van der Waals surface area contributed by atoms with Gasteiger partial charge in [0.05, 0.1) is 0 Å². The van der Waals surface area contributed by atoms with E-state index in [1.165, 1.54) is 0 Å². The third-order valence-electron chi connectivity index (χ3n) is 5.33. The summed E-state index contributed by atoms with van der Waals surface area (Å²) in [6.45, 7) is 8.13. The average Bonchev–Trinajstić information content (AvgIpc) is 3.27. The van der Waals surface area contributed by atoms with Crippen LogP contribution in [0, 0.1) is 18.3 Å². The lowest BCUT2D eigenvalue weighted by atomic mass is 10.0. The molecule has 0 N–H and O–H groups in total. The minimum atomic E-state index is -0.135. The highest BCUT2D eigenvalue weighted by Crippen LogP contribution is 2.28. The van der Waals surface area contributed by atoms with Gasteiger partial charge in [0.1, 0.15) is 23.0 Å². The first-order valence-corrected chi connectivity index (χ1v) is 9.12. The molecule has 1 aliphatic heterocycles.